The Hall–Kier alpha value is -1.58. The van der Waals surface area contributed by atoms with Crippen LogP contribution < -0.4 is 0 Å². The number of rotatable bonds is 1. The Morgan fingerprint density at radius 3 is 2.83 bits per heavy atom. The average Bonchev–Trinajstić information content (AvgIpc) is 2.58. The molecule has 0 spiro atoms. The number of aromatic nitrogens is 3. The number of aryl methyl sites for hydroxylation is 2. The molecule has 0 saturated carbocycles. The average molecular weight is 163 g/mol. The van der Waals surface area contributed by atoms with Gasteiger partial charge in [-0.2, -0.15) is 5.10 Å². The van der Waals surface area contributed by atoms with Gasteiger partial charge in [0.05, 0.1) is 11.4 Å². The zero-order valence-electron chi connectivity index (χ0n) is 6.98. The van der Waals surface area contributed by atoms with Crippen molar-refractivity contribution in [1.29, 1.82) is 0 Å². The first-order chi connectivity index (χ1) is 5.77. The van der Waals surface area contributed by atoms with E-state index < -0.39 is 0 Å². The van der Waals surface area contributed by atoms with Crippen molar-refractivity contribution in [3.63, 3.8) is 0 Å². The molecule has 2 heterocycles. The predicted molar refractivity (Wildman–Crippen MR) is 43.4 cm³/mol. The van der Waals surface area contributed by atoms with Crippen LogP contribution in [0.25, 0.3) is 11.4 Å². The van der Waals surface area contributed by atoms with E-state index in [2.05, 4.69) is 10.3 Å². The van der Waals surface area contributed by atoms with E-state index in [0.29, 0.717) is 0 Å². The maximum Gasteiger partial charge on any atom is 0.131 e. The Labute approximate surface area is 69.8 Å². The van der Waals surface area contributed by atoms with Gasteiger partial charge in [-0.05, 0) is 13.0 Å². The van der Waals surface area contributed by atoms with Crippen molar-refractivity contribution in [3.05, 3.63) is 24.1 Å². The lowest BCUT2D eigenvalue weighted by atomic mass is 10.3. The lowest BCUT2D eigenvalue weighted by molar-refractivity contribution is 0.421. The van der Waals surface area contributed by atoms with E-state index in [0.717, 1.165) is 17.1 Å². The monoisotopic (exact) mass is 163 g/mol. The van der Waals surface area contributed by atoms with E-state index in [1.54, 1.807) is 10.9 Å². The van der Waals surface area contributed by atoms with Crippen molar-refractivity contribution in [1.82, 2.24) is 14.9 Å². The van der Waals surface area contributed by atoms with Gasteiger partial charge >= 0.3 is 0 Å². The molecule has 0 unspecified atom stereocenters. The van der Waals surface area contributed by atoms with E-state index in [9.17, 15) is 0 Å². The van der Waals surface area contributed by atoms with Crippen LogP contribution in [-0.4, -0.2) is 14.9 Å². The van der Waals surface area contributed by atoms with Gasteiger partial charge in [0.2, 0.25) is 0 Å². The third kappa shape index (κ3) is 1.01. The molecule has 2 aromatic rings. The third-order valence-corrected chi connectivity index (χ3v) is 1.70. The molecular weight excluding hydrogens is 154 g/mol. The minimum atomic E-state index is 0.818. The van der Waals surface area contributed by atoms with Crippen LogP contribution in [0.4, 0.5) is 0 Å². The van der Waals surface area contributed by atoms with Crippen LogP contribution in [0.5, 0.6) is 0 Å². The van der Waals surface area contributed by atoms with Crippen LogP contribution in [0.3, 0.4) is 0 Å². The summed E-state index contributed by atoms with van der Waals surface area (Å²) in [7, 11) is 1.89. The number of hydrogen-bond donors (Lipinski definition) is 0. The van der Waals surface area contributed by atoms with Gasteiger partial charge in [-0.3, -0.25) is 4.68 Å². The molecule has 0 N–H and O–H groups in total. The highest BCUT2D eigenvalue weighted by molar-refractivity contribution is 5.53. The van der Waals surface area contributed by atoms with Crippen LogP contribution in [0.15, 0.2) is 22.9 Å². The van der Waals surface area contributed by atoms with Gasteiger partial charge in [0.25, 0.3) is 0 Å². The highest BCUT2D eigenvalue weighted by Gasteiger charge is 2.06. The lowest BCUT2D eigenvalue weighted by Gasteiger charge is -1.93. The fraction of sp³-hybridized carbons (Fsp3) is 0.250. The summed E-state index contributed by atoms with van der Waals surface area (Å²) in [5, 5.41) is 8.03. The molecule has 0 aromatic carbocycles. The Balaban J connectivity index is 2.54. The van der Waals surface area contributed by atoms with E-state index >= 15 is 0 Å². The Kier molecular flexibility index (Phi) is 1.46. The highest BCUT2D eigenvalue weighted by atomic mass is 16.5. The van der Waals surface area contributed by atoms with E-state index in [4.69, 9.17) is 4.52 Å². The second kappa shape index (κ2) is 2.48. The molecule has 0 radical (unpaired) electrons. The van der Waals surface area contributed by atoms with Crippen LogP contribution >= 0.6 is 0 Å². The van der Waals surface area contributed by atoms with Crippen molar-refractivity contribution >= 4 is 0 Å². The molecule has 0 aliphatic heterocycles. The van der Waals surface area contributed by atoms with Crippen molar-refractivity contribution in [2.24, 2.45) is 7.05 Å². The van der Waals surface area contributed by atoms with Crippen molar-refractivity contribution in [3.8, 4) is 11.4 Å². The zero-order valence-corrected chi connectivity index (χ0v) is 6.98. The zero-order chi connectivity index (χ0) is 8.55. The van der Waals surface area contributed by atoms with Crippen LogP contribution in [0.1, 0.15) is 5.69 Å². The summed E-state index contributed by atoms with van der Waals surface area (Å²) in [5.41, 5.74) is 2.77. The van der Waals surface area contributed by atoms with Gasteiger partial charge < -0.3 is 4.52 Å². The van der Waals surface area contributed by atoms with E-state index in [1.165, 1.54) is 0 Å². The van der Waals surface area contributed by atoms with Gasteiger partial charge in [0.1, 0.15) is 12.0 Å². The summed E-state index contributed by atoms with van der Waals surface area (Å²) in [6.45, 7) is 1.95. The first-order valence-corrected chi connectivity index (χ1v) is 3.69. The first-order valence-electron chi connectivity index (χ1n) is 3.69. The molecule has 0 saturated heterocycles. The minimum Gasteiger partial charge on any atom is -0.364 e. The molecular formula is C8H9N3O. The molecule has 0 bridgehead atoms. The molecule has 0 amide bonds. The Morgan fingerprint density at radius 1 is 1.50 bits per heavy atom. The third-order valence-electron chi connectivity index (χ3n) is 1.70. The molecule has 4 nitrogen and oxygen atoms in total. The van der Waals surface area contributed by atoms with E-state index in [-0.39, 0.29) is 0 Å². The fourth-order valence-electron chi connectivity index (χ4n) is 1.19. The van der Waals surface area contributed by atoms with Crippen LogP contribution in [-0.2, 0) is 7.05 Å². The first kappa shape index (κ1) is 7.09. The van der Waals surface area contributed by atoms with Gasteiger partial charge in [-0.25, -0.2) is 0 Å². The van der Waals surface area contributed by atoms with Crippen LogP contribution in [0.2, 0.25) is 0 Å². The lowest BCUT2D eigenvalue weighted by Crippen LogP contribution is -1.93. The van der Waals surface area contributed by atoms with Crippen molar-refractivity contribution in [2.75, 3.05) is 0 Å². The largest absolute Gasteiger partial charge is 0.364 e. The molecule has 0 atom stereocenters. The number of hydrogen-bond acceptors (Lipinski definition) is 3. The van der Waals surface area contributed by atoms with Gasteiger partial charge in [-0.1, -0.05) is 5.16 Å². The summed E-state index contributed by atoms with van der Waals surface area (Å²) < 4.78 is 6.53. The SMILES string of the molecule is Cc1cc(-c2ccon2)n(C)n1. The summed E-state index contributed by atoms with van der Waals surface area (Å²) in [4.78, 5) is 0. The predicted octanol–water partition coefficient (Wildman–Crippen LogP) is 1.38. The molecule has 2 aromatic heterocycles. The van der Waals surface area contributed by atoms with Crippen molar-refractivity contribution < 1.29 is 4.52 Å². The van der Waals surface area contributed by atoms with Gasteiger partial charge in [0, 0.05) is 13.1 Å². The topological polar surface area (TPSA) is 43.9 Å². The summed E-state index contributed by atoms with van der Waals surface area (Å²) >= 11 is 0. The minimum absolute atomic E-state index is 0.818. The number of nitrogens with zero attached hydrogens (tertiary/aromatic N) is 3. The molecule has 4 heteroatoms. The molecule has 62 valence electrons. The highest BCUT2D eigenvalue weighted by Crippen LogP contribution is 2.16. The van der Waals surface area contributed by atoms with Gasteiger partial charge in [-0.15, -0.1) is 0 Å². The van der Waals surface area contributed by atoms with Crippen LogP contribution in [0, 0.1) is 6.92 Å². The second-order valence-electron chi connectivity index (χ2n) is 2.68. The molecule has 2 rings (SSSR count). The summed E-state index contributed by atoms with van der Waals surface area (Å²) in [6, 6.07) is 3.79. The normalized spacial score (nSPS) is 10.5. The van der Waals surface area contributed by atoms with Gasteiger partial charge in [0.15, 0.2) is 0 Å². The maximum atomic E-state index is 4.74. The standard InChI is InChI=1S/C8H9N3O/c1-6-5-8(11(2)9-6)7-3-4-12-10-7/h3-5H,1-2H3. The Morgan fingerprint density at radius 2 is 2.33 bits per heavy atom. The smallest absolute Gasteiger partial charge is 0.131 e. The maximum absolute atomic E-state index is 4.74. The molecule has 0 aliphatic rings. The molecule has 0 aliphatic carbocycles. The molecule has 12 heavy (non-hydrogen) atoms. The molecule has 0 fully saturated rings. The summed E-state index contributed by atoms with van der Waals surface area (Å²) in [5.74, 6) is 0. The quantitative estimate of drug-likeness (QED) is 0.638. The summed E-state index contributed by atoms with van der Waals surface area (Å²) in [6.07, 6.45) is 1.55. The van der Waals surface area contributed by atoms with Crippen molar-refractivity contribution in [2.45, 2.75) is 6.92 Å². The fourth-order valence-corrected chi connectivity index (χ4v) is 1.19. The second-order valence-corrected chi connectivity index (χ2v) is 2.68. The Bertz CT molecular complexity index is 375. The van der Waals surface area contributed by atoms with E-state index in [1.807, 2.05) is 26.1 Å².